The molecule has 1 fully saturated rings. The van der Waals surface area contributed by atoms with Crippen molar-refractivity contribution in [3.63, 3.8) is 0 Å². The molecule has 0 radical (unpaired) electrons. The van der Waals surface area contributed by atoms with Crippen molar-refractivity contribution in [2.75, 3.05) is 13.2 Å². The number of carbonyl (C=O) groups excluding carboxylic acids is 1. The van der Waals surface area contributed by atoms with E-state index in [0.29, 0.717) is 18.7 Å². The lowest BCUT2D eigenvalue weighted by Crippen LogP contribution is -2.32. The molecule has 0 bridgehead atoms. The van der Waals surface area contributed by atoms with Crippen LogP contribution >= 0.6 is 0 Å². The SMILES string of the molecule is N#C/C(=C/c1ccc(C(F)(F)F)cc1)C(=O)NC[C@@H]1CCCO1. The zero-order valence-corrected chi connectivity index (χ0v) is 12.2. The van der Waals surface area contributed by atoms with Crippen LogP contribution in [0.25, 0.3) is 6.08 Å². The van der Waals surface area contributed by atoms with Crippen LogP contribution < -0.4 is 5.32 Å². The van der Waals surface area contributed by atoms with Crippen molar-refractivity contribution in [2.24, 2.45) is 0 Å². The van der Waals surface area contributed by atoms with Crippen LogP contribution in [0.4, 0.5) is 13.2 Å². The molecule has 1 aliphatic rings. The van der Waals surface area contributed by atoms with E-state index in [-0.39, 0.29) is 11.7 Å². The maximum Gasteiger partial charge on any atom is 0.416 e. The number of carbonyl (C=O) groups is 1. The number of benzene rings is 1. The quantitative estimate of drug-likeness (QED) is 0.684. The Kier molecular flexibility index (Phi) is 5.40. The Morgan fingerprint density at radius 3 is 2.61 bits per heavy atom. The van der Waals surface area contributed by atoms with E-state index in [4.69, 9.17) is 10.00 Å². The molecule has 1 aromatic carbocycles. The Hall–Kier alpha value is -2.33. The molecule has 1 heterocycles. The smallest absolute Gasteiger partial charge is 0.376 e. The molecule has 1 aromatic rings. The molecule has 7 heteroatoms. The maximum absolute atomic E-state index is 12.5. The number of alkyl halides is 3. The zero-order valence-electron chi connectivity index (χ0n) is 12.2. The first-order valence-electron chi connectivity index (χ1n) is 7.09. The van der Waals surface area contributed by atoms with Gasteiger partial charge in [0.1, 0.15) is 11.6 Å². The second-order valence-corrected chi connectivity index (χ2v) is 5.13. The largest absolute Gasteiger partial charge is 0.416 e. The average molecular weight is 324 g/mol. The fourth-order valence-corrected chi connectivity index (χ4v) is 2.19. The Balaban J connectivity index is 2.02. The van der Waals surface area contributed by atoms with Crippen molar-refractivity contribution in [2.45, 2.75) is 25.1 Å². The van der Waals surface area contributed by atoms with Gasteiger partial charge in [0.2, 0.25) is 0 Å². The second kappa shape index (κ2) is 7.29. The van der Waals surface area contributed by atoms with Crippen LogP contribution in [0, 0.1) is 11.3 Å². The lowest BCUT2D eigenvalue weighted by molar-refractivity contribution is -0.137. The summed E-state index contributed by atoms with van der Waals surface area (Å²) in [6.07, 6.45) is -1.42. The van der Waals surface area contributed by atoms with Crippen LogP contribution in [-0.4, -0.2) is 25.2 Å². The van der Waals surface area contributed by atoms with Crippen LogP contribution in [0.5, 0.6) is 0 Å². The van der Waals surface area contributed by atoms with Crippen molar-refractivity contribution in [3.8, 4) is 6.07 Å². The molecule has 0 aliphatic carbocycles. The summed E-state index contributed by atoms with van der Waals surface area (Å²) in [6, 6.07) is 6.00. The van der Waals surface area contributed by atoms with Crippen molar-refractivity contribution in [3.05, 3.63) is 41.0 Å². The van der Waals surface area contributed by atoms with E-state index >= 15 is 0 Å². The third-order valence-electron chi connectivity index (χ3n) is 3.43. The third kappa shape index (κ3) is 4.83. The first-order chi connectivity index (χ1) is 10.9. The standard InChI is InChI=1S/C16H15F3N2O2/c17-16(18,19)13-5-3-11(4-6-13)8-12(9-20)15(22)21-10-14-2-1-7-23-14/h3-6,8,14H,1-2,7,10H2,(H,21,22)/b12-8-/t14-/m0/s1. The van der Waals surface area contributed by atoms with Crippen LogP contribution in [0.15, 0.2) is 29.8 Å². The molecular weight excluding hydrogens is 309 g/mol. The Morgan fingerprint density at radius 1 is 1.39 bits per heavy atom. The monoisotopic (exact) mass is 324 g/mol. The van der Waals surface area contributed by atoms with Crippen molar-refractivity contribution >= 4 is 12.0 Å². The molecule has 2 rings (SSSR count). The van der Waals surface area contributed by atoms with E-state index in [9.17, 15) is 18.0 Å². The molecule has 4 nitrogen and oxygen atoms in total. The number of nitriles is 1. The molecule has 1 amide bonds. The number of amides is 1. The number of rotatable bonds is 4. The second-order valence-electron chi connectivity index (χ2n) is 5.13. The van der Waals surface area contributed by atoms with Crippen molar-refractivity contribution in [1.82, 2.24) is 5.32 Å². The highest BCUT2D eigenvalue weighted by atomic mass is 19.4. The summed E-state index contributed by atoms with van der Waals surface area (Å²) in [7, 11) is 0. The first-order valence-corrected chi connectivity index (χ1v) is 7.09. The van der Waals surface area contributed by atoms with Crippen molar-refractivity contribution in [1.29, 1.82) is 5.26 Å². The molecule has 0 saturated carbocycles. The highest BCUT2D eigenvalue weighted by Gasteiger charge is 2.29. The number of halogens is 3. The molecule has 0 aromatic heterocycles. The lowest BCUT2D eigenvalue weighted by atomic mass is 10.1. The summed E-state index contributed by atoms with van der Waals surface area (Å²) in [5.74, 6) is -0.567. The van der Waals surface area contributed by atoms with E-state index in [1.807, 2.05) is 0 Å². The molecule has 1 N–H and O–H groups in total. The van der Waals surface area contributed by atoms with Gasteiger partial charge in [-0.1, -0.05) is 12.1 Å². The Bertz CT molecular complexity index is 624. The fraction of sp³-hybridized carbons (Fsp3) is 0.375. The predicted molar refractivity (Wildman–Crippen MR) is 77.0 cm³/mol. The highest BCUT2D eigenvalue weighted by Crippen LogP contribution is 2.29. The summed E-state index contributed by atoms with van der Waals surface area (Å²) < 4.78 is 42.8. The number of nitrogens with zero attached hydrogens (tertiary/aromatic N) is 1. The van der Waals surface area contributed by atoms with Gasteiger partial charge in [0.05, 0.1) is 11.7 Å². The van der Waals surface area contributed by atoms with Gasteiger partial charge in [-0.2, -0.15) is 18.4 Å². The minimum absolute atomic E-state index is 0.0510. The minimum Gasteiger partial charge on any atom is -0.376 e. The van der Waals surface area contributed by atoms with E-state index < -0.39 is 17.6 Å². The van der Waals surface area contributed by atoms with Gasteiger partial charge >= 0.3 is 6.18 Å². The summed E-state index contributed by atoms with van der Waals surface area (Å²) in [4.78, 5) is 11.9. The number of ether oxygens (including phenoxy) is 1. The van der Waals surface area contributed by atoms with Gasteiger partial charge in [0, 0.05) is 13.2 Å². The normalized spacial score (nSPS) is 18.5. The minimum atomic E-state index is -4.42. The first kappa shape index (κ1) is 17.0. The molecular formula is C16H15F3N2O2. The summed E-state index contributed by atoms with van der Waals surface area (Å²) >= 11 is 0. The summed E-state index contributed by atoms with van der Waals surface area (Å²) in [6.45, 7) is 0.970. The van der Waals surface area contributed by atoms with Gasteiger partial charge in [0.15, 0.2) is 0 Å². The molecule has 0 unspecified atom stereocenters. The van der Waals surface area contributed by atoms with E-state index in [1.165, 1.54) is 18.2 Å². The summed E-state index contributed by atoms with van der Waals surface area (Å²) in [5.41, 5.74) is -0.597. The van der Waals surface area contributed by atoms with Gasteiger partial charge in [-0.25, -0.2) is 0 Å². The highest BCUT2D eigenvalue weighted by molar-refractivity contribution is 6.01. The van der Waals surface area contributed by atoms with Crippen LogP contribution in [0.3, 0.4) is 0 Å². The van der Waals surface area contributed by atoms with Gasteiger partial charge in [-0.3, -0.25) is 4.79 Å². The third-order valence-corrected chi connectivity index (χ3v) is 3.43. The van der Waals surface area contributed by atoms with Crippen LogP contribution in [0.1, 0.15) is 24.0 Å². The summed E-state index contributed by atoms with van der Waals surface area (Å²) in [5, 5.41) is 11.6. The van der Waals surface area contributed by atoms with E-state index in [2.05, 4.69) is 5.32 Å². The number of hydrogen-bond donors (Lipinski definition) is 1. The van der Waals surface area contributed by atoms with E-state index in [0.717, 1.165) is 25.0 Å². The van der Waals surface area contributed by atoms with Crippen LogP contribution in [0.2, 0.25) is 0 Å². The van der Waals surface area contributed by atoms with Crippen LogP contribution in [-0.2, 0) is 15.7 Å². The van der Waals surface area contributed by atoms with E-state index in [1.54, 1.807) is 6.07 Å². The Labute approximate surface area is 131 Å². The maximum atomic E-state index is 12.5. The predicted octanol–water partition coefficient (Wildman–Crippen LogP) is 2.91. The number of nitrogens with one attached hydrogen (secondary N) is 1. The fourth-order valence-electron chi connectivity index (χ4n) is 2.19. The molecule has 23 heavy (non-hydrogen) atoms. The Morgan fingerprint density at radius 2 is 2.09 bits per heavy atom. The van der Waals surface area contributed by atoms with Gasteiger partial charge < -0.3 is 10.1 Å². The van der Waals surface area contributed by atoms with Gasteiger partial charge in [-0.05, 0) is 36.6 Å². The topological polar surface area (TPSA) is 62.1 Å². The molecule has 1 atom stereocenters. The molecule has 0 spiro atoms. The lowest BCUT2D eigenvalue weighted by Gasteiger charge is -2.10. The zero-order chi connectivity index (χ0) is 16.9. The van der Waals surface area contributed by atoms with Gasteiger partial charge in [0.25, 0.3) is 5.91 Å². The average Bonchev–Trinajstić information content (AvgIpc) is 3.03. The van der Waals surface area contributed by atoms with Gasteiger partial charge in [-0.15, -0.1) is 0 Å². The molecule has 1 aliphatic heterocycles. The molecule has 1 saturated heterocycles. The molecule has 122 valence electrons. The van der Waals surface area contributed by atoms with Crippen molar-refractivity contribution < 1.29 is 22.7 Å². The number of hydrogen-bond acceptors (Lipinski definition) is 3.